The number of rotatable bonds is 7. The maximum atomic E-state index is 12.7. The molecule has 1 fully saturated rings. The van der Waals surface area contributed by atoms with Crippen LogP contribution in [-0.2, 0) is 9.59 Å². The summed E-state index contributed by atoms with van der Waals surface area (Å²) in [5, 5.41) is 2.96. The number of ether oxygens (including phenoxy) is 2. The highest BCUT2D eigenvalue weighted by molar-refractivity contribution is 6.32. The molecule has 0 spiro atoms. The number of carbonyl (C=O) groups excluding carboxylic acids is 3. The van der Waals surface area contributed by atoms with Gasteiger partial charge in [0.25, 0.3) is 11.8 Å². The molecule has 8 nitrogen and oxygen atoms in total. The fraction of sp³-hybridized carbons (Fsp3) is 0.150. The van der Waals surface area contributed by atoms with Crippen molar-refractivity contribution < 1.29 is 23.9 Å². The van der Waals surface area contributed by atoms with Crippen LogP contribution in [0.5, 0.6) is 11.5 Å². The predicted molar refractivity (Wildman–Crippen MR) is 108 cm³/mol. The van der Waals surface area contributed by atoms with Gasteiger partial charge in [-0.05, 0) is 48.9 Å². The average molecular weight is 416 g/mol. The van der Waals surface area contributed by atoms with Crippen LogP contribution in [-0.4, -0.2) is 31.1 Å². The standard InChI is InChI=1S/C20H18ClN3O5/c1-2-28-17-9-12(6-7-16(17)29-11-18(22)25)8-15-19(26)24(20(27)23-15)14-5-3-4-13(21)10-14/h3-10H,2,11H2,1H3,(H2,22,25)(H,23,27)/b15-8+. The number of primary amides is 1. The Kier molecular flexibility index (Phi) is 6.04. The second-order valence-electron chi connectivity index (χ2n) is 6.00. The highest BCUT2D eigenvalue weighted by atomic mass is 35.5. The first-order valence-electron chi connectivity index (χ1n) is 8.69. The topological polar surface area (TPSA) is 111 Å². The van der Waals surface area contributed by atoms with Crippen LogP contribution in [0.25, 0.3) is 6.08 Å². The molecule has 3 rings (SSSR count). The highest BCUT2D eigenvalue weighted by Crippen LogP contribution is 2.30. The summed E-state index contributed by atoms with van der Waals surface area (Å²) in [6, 6.07) is 10.8. The van der Waals surface area contributed by atoms with Gasteiger partial charge in [0, 0.05) is 5.02 Å². The SMILES string of the molecule is CCOc1cc(/C=C2/NC(=O)N(c3cccc(Cl)c3)C2=O)ccc1OCC(N)=O. The molecule has 0 aromatic heterocycles. The summed E-state index contributed by atoms with van der Waals surface area (Å²) in [7, 11) is 0. The molecule has 0 bridgehead atoms. The normalized spacial score (nSPS) is 14.8. The zero-order chi connectivity index (χ0) is 21.0. The number of nitrogens with two attached hydrogens (primary N) is 1. The van der Waals surface area contributed by atoms with Gasteiger partial charge in [0.05, 0.1) is 12.3 Å². The Morgan fingerprint density at radius 3 is 2.66 bits per heavy atom. The fourth-order valence-electron chi connectivity index (χ4n) is 2.70. The van der Waals surface area contributed by atoms with Crippen LogP contribution < -0.4 is 25.4 Å². The predicted octanol–water partition coefficient (Wildman–Crippen LogP) is 2.70. The van der Waals surface area contributed by atoms with Gasteiger partial charge in [0.15, 0.2) is 18.1 Å². The Labute approximate surface area is 171 Å². The van der Waals surface area contributed by atoms with E-state index in [-0.39, 0.29) is 12.3 Å². The maximum Gasteiger partial charge on any atom is 0.333 e. The minimum absolute atomic E-state index is 0.100. The van der Waals surface area contributed by atoms with E-state index >= 15 is 0 Å². The molecule has 1 aliphatic rings. The van der Waals surface area contributed by atoms with Gasteiger partial charge in [-0.1, -0.05) is 23.7 Å². The van der Waals surface area contributed by atoms with Crippen molar-refractivity contribution in [2.75, 3.05) is 18.1 Å². The largest absolute Gasteiger partial charge is 0.490 e. The molecule has 0 aliphatic carbocycles. The first-order valence-corrected chi connectivity index (χ1v) is 9.07. The van der Waals surface area contributed by atoms with Crippen LogP contribution in [0.3, 0.4) is 0 Å². The number of nitrogens with zero attached hydrogens (tertiary/aromatic N) is 1. The molecule has 1 saturated heterocycles. The average Bonchev–Trinajstić information content (AvgIpc) is 2.94. The molecular weight excluding hydrogens is 398 g/mol. The monoisotopic (exact) mass is 415 g/mol. The van der Waals surface area contributed by atoms with Gasteiger partial charge < -0.3 is 20.5 Å². The Bertz CT molecular complexity index is 1010. The van der Waals surface area contributed by atoms with Gasteiger partial charge in [-0.15, -0.1) is 0 Å². The summed E-state index contributed by atoms with van der Waals surface area (Å²) in [5.41, 5.74) is 6.16. The minimum Gasteiger partial charge on any atom is -0.490 e. The van der Waals surface area contributed by atoms with Crippen LogP contribution in [0.2, 0.25) is 5.02 Å². The van der Waals surface area contributed by atoms with E-state index in [4.69, 9.17) is 26.8 Å². The van der Waals surface area contributed by atoms with E-state index < -0.39 is 17.8 Å². The highest BCUT2D eigenvalue weighted by Gasteiger charge is 2.34. The Morgan fingerprint density at radius 1 is 1.17 bits per heavy atom. The molecule has 0 saturated carbocycles. The molecule has 0 unspecified atom stereocenters. The van der Waals surface area contributed by atoms with E-state index in [1.807, 2.05) is 0 Å². The zero-order valence-corrected chi connectivity index (χ0v) is 16.2. The summed E-state index contributed by atoms with van der Waals surface area (Å²) < 4.78 is 10.8. The number of hydrogen-bond acceptors (Lipinski definition) is 5. The molecule has 0 atom stereocenters. The lowest BCUT2D eigenvalue weighted by Crippen LogP contribution is -2.30. The number of nitrogens with one attached hydrogen (secondary N) is 1. The lowest BCUT2D eigenvalue weighted by Gasteiger charge is -2.12. The van der Waals surface area contributed by atoms with Crippen molar-refractivity contribution in [3.8, 4) is 11.5 Å². The van der Waals surface area contributed by atoms with Gasteiger partial charge in [-0.2, -0.15) is 0 Å². The smallest absolute Gasteiger partial charge is 0.333 e. The van der Waals surface area contributed by atoms with E-state index in [1.165, 1.54) is 12.1 Å². The number of carbonyl (C=O) groups is 3. The van der Waals surface area contributed by atoms with Crippen molar-refractivity contribution >= 4 is 41.2 Å². The first kappa shape index (κ1) is 20.2. The first-order chi connectivity index (χ1) is 13.9. The molecule has 1 aliphatic heterocycles. The molecule has 2 aromatic carbocycles. The fourth-order valence-corrected chi connectivity index (χ4v) is 2.89. The molecule has 3 N–H and O–H groups in total. The second kappa shape index (κ2) is 8.66. The second-order valence-corrected chi connectivity index (χ2v) is 6.44. The van der Waals surface area contributed by atoms with Crippen molar-refractivity contribution in [2.45, 2.75) is 6.92 Å². The number of urea groups is 1. The minimum atomic E-state index is -0.612. The van der Waals surface area contributed by atoms with Gasteiger partial charge in [-0.3, -0.25) is 9.59 Å². The number of hydrogen-bond donors (Lipinski definition) is 2. The number of halogens is 1. The van der Waals surface area contributed by atoms with Gasteiger partial charge in [0.2, 0.25) is 0 Å². The summed E-state index contributed by atoms with van der Waals surface area (Å²) >= 11 is 5.95. The van der Waals surface area contributed by atoms with E-state index in [0.29, 0.717) is 34.4 Å². The number of amides is 4. The van der Waals surface area contributed by atoms with Gasteiger partial charge >= 0.3 is 6.03 Å². The third-order valence-electron chi connectivity index (χ3n) is 3.89. The lowest BCUT2D eigenvalue weighted by molar-refractivity contribution is -0.120. The lowest BCUT2D eigenvalue weighted by atomic mass is 10.1. The van der Waals surface area contributed by atoms with E-state index in [2.05, 4.69) is 5.32 Å². The summed E-state index contributed by atoms with van der Waals surface area (Å²) in [4.78, 5) is 36.9. The molecular formula is C20H18ClN3O5. The summed E-state index contributed by atoms with van der Waals surface area (Å²) in [5.74, 6) is -0.398. The number of imide groups is 1. The van der Waals surface area contributed by atoms with Crippen molar-refractivity contribution in [2.24, 2.45) is 5.73 Å². The third-order valence-corrected chi connectivity index (χ3v) is 4.13. The van der Waals surface area contributed by atoms with Crippen molar-refractivity contribution in [3.63, 3.8) is 0 Å². The van der Waals surface area contributed by atoms with Crippen LogP contribution in [0.4, 0.5) is 10.5 Å². The van der Waals surface area contributed by atoms with Crippen LogP contribution in [0.1, 0.15) is 12.5 Å². The quantitative estimate of drug-likeness (QED) is 0.533. The Morgan fingerprint density at radius 2 is 1.97 bits per heavy atom. The van der Waals surface area contributed by atoms with Crippen LogP contribution in [0.15, 0.2) is 48.2 Å². The molecule has 0 radical (unpaired) electrons. The van der Waals surface area contributed by atoms with E-state index in [1.54, 1.807) is 43.3 Å². The molecule has 1 heterocycles. The van der Waals surface area contributed by atoms with E-state index in [0.717, 1.165) is 4.90 Å². The summed E-state index contributed by atoms with van der Waals surface area (Å²) in [6.45, 7) is 1.88. The molecule has 29 heavy (non-hydrogen) atoms. The van der Waals surface area contributed by atoms with Crippen LogP contribution in [0, 0.1) is 0 Å². The Balaban J connectivity index is 1.87. The van der Waals surface area contributed by atoms with Crippen molar-refractivity contribution in [3.05, 3.63) is 58.7 Å². The van der Waals surface area contributed by atoms with Gasteiger partial charge in [-0.25, -0.2) is 9.69 Å². The number of benzene rings is 2. The van der Waals surface area contributed by atoms with Crippen molar-refractivity contribution in [1.82, 2.24) is 5.32 Å². The Hall–Kier alpha value is -3.52. The zero-order valence-electron chi connectivity index (χ0n) is 15.5. The molecule has 9 heteroatoms. The van der Waals surface area contributed by atoms with Crippen molar-refractivity contribution in [1.29, 1.82) is 0 Å². The summed E-state index contributed by atoms with van der Waals surface area (Å²) in [6.07, 6.45) is 1.52. The maximum absolute atomic E-state index is 12.7. The van der Waals surface area contributed by atoms with E-state index in [9.17, 15) is 14.4 Å². The van der Waals surface area contributed by atoms with Crippen LogP contribution >= 0.6 is 11.6 Å². The molecule has 4 amide bonds. The molecule has 2 aromatic rings. The van der Waals surface area contributed by atoms with Gasteiger partial charge in [0.1, 0.15) is 5.70 Å². The molecule has 150 valence electrons. The third kappa shape index (κ3) is 4.67. The number of anilines is 1.